The number of halogens is 6. The zero-order chi connectivity index (χ0) is 31.0. The number of carbonyl (C=O) groups excluding carboxylic acids is 2. The highest BCUT2D eigenvalue weighted by atomic mass is 19.4. The molecule has 0 aromatic heterocycles. The van der Waals surface area contributed by atoms with Crippen LogP contribution in [0.15, 0.2) is 78.9 Å². The summed E-state index contributed by atoms with van der Waals surface area (Å²) in [7, 11) is 0. The molecule has 13 heteroatoms. The number of nitrogens with one attached hydrogen (secondary N) is 1. The number of fused-ring (bicyclic) bond motifs is 1. The minimum absolute atomic E-state index is 0.0178. The van der Waals surface area contributed by atoms with Crippen molar-refractivity contribution in [3.05, 3.63) is 107 Å². The first-order chi connectivity index (χ1) is 20.3. The normalized spacial score (nSPS) is 22.5. The number of carbonyl (C=O) groups is 2. The molecule has 3 aromatic carbocycles. The van der Waals surface area contributed by atoms with Crippen molar-refractivity contribution < 1.29 is 50.1 Å². The SMILES string of the molecule is C[C@@H](OC[C@@]1(c2ccccc2)C[C@H]2OC(=O)N[C@H]2N1C(=O)OCc1ccccc1)c1cc(C(F)(F)F)cc(C(F)(F)F)c1. The summed E-state index contributed by atoms with van der Waals surface area (Å²) in [6.45, 7) is 0.845. The fraction of sp³-hybridized carbons (Fsp3) is 0.333. The van der Waals surface area contributed by atoms with Crippen LogP contribution in [0.25, 0.3) is 0 Å². The summed E-state index contributed by atoms with van der Waals surface area (Å²) in [6.07, 6.45) is -14.7. The van der Waals surface area contributed by atoms with Gasteiger partial charge in [-0.2, -0.15) is 26.3 Å². The summed E-state index contributed by atoms with van der Waals surface area (Å²) in [5, 5.41) is 2.60. The van der Waals surface area contributed by atoms with E-state index in [0.717, 1.165) is 0 Å². The molecule has 3 aromatic rings. The lowest BCUT2D eigenvalue weighted by atomic mass is 9.87. The molecule has 0 saturated carbocycles. The largest absolute Gasteiger partial charge is 0.444 e. The molecule has 5 rings (SSSR count). The zero-order valence-electron chi connectivity index (χ0n) is 22.6. The topological polar surface area (TPSA) is 77.1 Å². The molecule has 2 heterocycles. The maximum Gasteiger partial charge on any atom is 0.416 e. The van der Waals surface area contributed by atoms with E-state index in [2.05, 4.69) is 5.32 Å². The zero-order valence-corrected chi connectivity index (χ0v) is 22.6. The third kappa shape index (κ3) is 6.26. The van der Waals surface area contributed by atoms with Crippen LogP contribution in [0.5, 0.6) is 0 Å². The number of benzene rings is 3. The van der Waals surface area contributed by atoms with Crippen molar-refractivity contribution in [3.63, 3.8) is 0 Å². The van der Waals surface area contributed by atoms with Gasteiger partial charge in [0.15, 0.2) is 0 Å². The Bertz CT molecular complexity index is 1440. The standard InChI is InChI=1S/C30H26F6N2O5/c1-18(20-12-22(29(31,32)33)14-23(13-20)30(34,35)36)42-17-28(21-10-6-3-7-11-21)15-24-25(37-26(39)43-24)38(28)27(40)41-16-19-8-4-2-5-9-19/h2-14,18,24-25H,15-17H2,1H3,(H,37,39)/t18-,24-,25+,28-/m1/s1. The second-order valence-electron chi connectivity index (χ2n) is 10.3. The van der Waals surface area contributed by atoms with Gasteiger partial charge in [0.2, 0.25) is 0 Å². The lowest BCUT2D eigenvalue weighted by Crippen LogP contribution is -2.55. The predicted octanol–water partition coefficient (Wildman–Crippen LogP) is 7.17. The van der Waals surface area contributed by atoms with Crippen LogP contribution in [0.3, 0.4) is 0 Å². The number of hydrogen-bond acceptors (Lipinski definition) is 5. The summed E-state index contributed by atoms with van der Waals surface area (Å²) >= 11 is 0. The third-order valence-corrected chi connectivity index (χ3v) is 7.52. The van der Waals surface area contributed by atoms with Crippen molar-refractivity contribution >= 4 is 12.2 Å². The number of alkyl halides is 6. The molecular formula is C30H26F6N2O5. The van der Waals surface area contributed by atoms with Crippen LogP contribution in [-0.2, 0) is 38.7 Å². The van der Waals surface area contributed by atoms with Gasteiger partial charge in [-0.05, 0) is 41.8 Å². The Morgan fingerprint density at radius 2 is 1.56 bits per heavy atom. The molecule has 2 saturated heterocycles. The highest BCUT2D eigenvalue weighted by Gasteiger charge is 2.60. The number of alkyl carbamates (subject to hydrolysis) is 1. The summed E-state index contributed by atoms with van der Waals surface area (Å²) < 4.78 is 98.0. The number of likely N-dealkylation sites (tertiary alicyclic amines) is 1. The first-order valence-electron chi connectivity index (χ1n) is 13.2. The maximum atomic E-state index is 13.7. The fourth-order valence-electron chi connectivity index (χ4n) is 5.40. The van der Waals surface area contributed by atoms with Gasteiger partial charge in [0, 0.05) is 6.42 Å². The molecule has 7 nitrogen and oxygen atoms in total. The molecular weight excluding hydrogens is 582 g/mol. The molecule has 0 radical (unpaired) electrons. The van der Waals surface area contributed by atoms with Gasteiger partial charge in [-0.15, -0.1) is 0 Å². The number of hydrogen-bond donors (Lipinski definition) is 1. The second-order valence-corrected chi connectivity index (χ2v) is 10.3. The molecule has 0 bridgehead atoms. The van der Waals surface area contributed by atoms with E-state index in [-0.39, 0.29) is 31.3 Å². The molecule has 0 aliphatic carbocycles. The van der Waals surface area contributed by atoms with Gasteiger partial charge >= 0.3 is 24.5 Å². The lowest BCUT2D eigenvalue weighted by molar-refractivity contribution is -0.143. The van der Waals surface area contributed by atoms with E-state index in [4.69, 9.17) is 14.2 Å². The molecule has 1 N–H and O–H groups in total. The minimum atomic E-state index is -5.03. The maximum absolute atomic E-state index is 13.7. The van der Waals surface area contributed by atoms with Gasteiger partial charge in [0.05, 0.1) is 23.8 Å². The Hall–Kier alpha value is -4.26. The summed E-state index contributed by atoms with van der Waals surface area (Å²) in [6, 6.07) is 18.6. The quantitative estimate of drug-likeness (QED) is 0.288. The van der Waals surface area contributed by atoms with Crippen LogP contribution in [0.2, 0.25) is 0 Å². The average molecular weight is 609 g/mol. The molecule has 43 heavy (non-hydrogen) atoms. The van der Waals surface area contributed by atoms with Crippen molar-refractivity contribution in [2.24, 2.45) is 0 Å². The van der Waals surface area contributed by atoms with E-state index in [1.807, 2.05) is 0 Å². The molecule has 4 atom stereocenters. The van der Waals surface area contributed by atoms with Crippen LogP contribution >= 0.6 is 0 Å². The van der Waals surface area contributed by atoms with Crippen LogP contribution < -0.4 is 5.32 Å². The summed E-state index contributed by atoms with van der Waals surface area (Å²) in [5.41, 5.74) is -3.44. The summed E-state index contributed by atoms with van der Waals surface area (Å²) in [4.78, 5) is 27.0. The Morgan fingerprint density at radius 3 is 2.14 bits per heavy atom. The minimum Gasteiger partial charge on any atom is -0.444 e. The van der Waals surface area contributed by atoms with Crippen molar-refractivity contribution in [2.45, 2.75) is 56.2 Å². The highest BCUT2D eigenvalue weighted by molar-refractivity contribution is 5.75. The first-order valence-corrected chi connectivity index (χ1v) is 13.2. The van der Waals surface area contributed by atoms with Crippen LogP contribution in [0.4, 0.5) is 35.9 Å². The van der Waals surface area contributed by atoms with Crippen molar-refractivity contribution in [2.75, 3.05) is 6.61 Å². The van der Waals surface area contributed by atoms with Crippen molar-refractivity contribution in [1.82, 2.24) is 10.2 Å². The molecule has 0 spiro atoms. The van der Waals surface area contributed by atoms with E-state index >= 15 is 0 Å². The second kappa shape index (κ2) is 11.4. The van der Waals surface area contributed by atoms with Gasteiger partial charge in [0.1, 0.15) is 24.4 Å². The highest BCUT2D eigenvalue weighted by Crippen LogP contribution is 2.46. The third-order valence-electron chi connectivity index (χ3n) is 7.52. The Morgan fingerprint density at radius 1 is 0.977 bits per heavy atom. The number of rotatable bonds is 7. The van der Waals surface area contributed by atoms with Crippen LogP contribution in [0, 0.1) is 0 Å². The van der Waals surface area contributed by atoms with Gasteiger partial charge in [-0.1, -0.05) is 60.7 Å². The van der Waals surface area contributed by atoms with E-state index < -0.39 is 59.6 Å². The Balaban J connectivity index is 1.49. The van der Waals surface area contributed by atoms with Crippen LogP contribution in [0.1, 0.15) is 47.3 Å². The molecule has 0 unspecified atom stereocenters. The van der Waals surface area contributed by atoms with Gasteiger partial charge in [-0.25, -0.2) is 9.59 Å². The Kier molecular flexibility index (Phi) is 8.03. The lowest BCUT2D eigenvalue weighted by Gasteiger charge is -2.40. The monoisotopic (exact) mass is 608 g/mol. The molecule has 2 amide bonds. The van der Waals surface area contributed by atoms with Crippen molar-refractivity contribution in [3.8, 4) is 0 Å². The molecule has 2 aliphatic rings. The van der Waals surface area contributed by atoms with Gasteiger partial charge in [0.25, 0.3) is 0 Å². The van der Waals surface area contributed by atoms with E-state index in [1.165, 1.54) is 11.8 Å². The molecule has 228 valence electrons. The summed E-state index contributed by atoms with van der Waals surface area (Å²) in [5.74, 6) is 0. The van der Waals surface area contributed by atoms with Gasteiger partial charge < -0.3 is 14.2 Å². The van der Waals surface area contributed by atoms with Crippen molar-refractivity contribution in [1.29, 1.82) is 0 Å². The van der Waals surface area contributed by atoms with Gasteiger partial charge in [-0.3, -0.25) is 10.2 Å². The van der Waals surface area contributed by atoms with E-state index in [0.29, 0.717) is 23.3 Å². The number of ether oxygens (including phenoxy) is 3. The Labute approximate surface area is 242 Å². The molecule has 2 aliphatic heterocycles. The van der Waals surface area contributed by atoms with Crippen LogP contribution in [-0.4, -0.2) is 36.0 Å². The van der Waals surface area contributed by atoms with E-state index in [1.54, 1.807) is 60.7 Å². The molecule has 2 fully saturated rings. The number of nitrogens with zero attached hydrogens (tertiary/aromatic N) is 1. The average Bonchev–Trinajstić information content (AvgIpc) is 3.47. The first kappa shape index (κ1) is 30.2. The fourth-order valence-corrected chi connectivity index (χ4v) is 5.40. The smallest absolute Gasteiger partial charge is 0.416 e. The number of amides is 2. The predicted molar refractivity (Wildman–Crippen MR) is 139 cm³/mol. The van der Waals surface area contributed by atoms with E-state index in [9.17, 15) is 35.9 Å².